The van der Waals surface area contributed by atoms with Crippen molar-refractivity contribution in [2.24, 2.45) is 5.92 Å². The highest BCUT2D eigenvalue weighted by atomic mass is 32.2. The highest BCUT2D eigenvalue weighted by molar-refractivity contribution is 8.00. The van der Waals surface area contributed by atoms with Crippen LogP contribution in [0.4, 0.5) is 5.69 Å². The van der Waals surface area contributed by atoms with Gasteiger partial charge in [-0.05, 0) is 50.7 Å². The van der Waals surface area contributed by atoms with Crippen LogP contribution in [0.2, 0.25) is 0 Å². The minimum absolute atomic E-state index is 0.0501. The Bertz CT molecular complexity index is 653. The highest BCUT2D eigenvalue weighted by Crippen LogP contribution is 2.27. The molecule has 1 aliphatic carbocycles. The molecule has 1 aromatic carbocycles. The van der Waals surface area contributed by atoms with Crippen LogP contribution in [-0.2, 0) is 4.79 Å². The van der Waals surface area contributed by atoms with E-state index in [4.69, 9.17) is 0 Å². The highest BCUT2D eigenvalue weighted by Gasteiger charge is 2.25. The van der Waals surface area contributed by atoms with Crippen molar-refractivity contribution in [1.29, 1.82) is 0 Å². The zero-order valence-corrected chi connectivity index (χ0v) is 17.5. The number of carbonyl (C=O) groups excluding carboxylic acids is 1. The van der Waals surface area contributed by atoms with Gasteiger partial charge in [0.2, 0.25) is 5.91 Å². The predicted octanol–water partition coefficient (Wildman–Crippen LogP) is 4.24. The number of nitrogens with zero attached hydrogens (tertiary/aromatic N) is 2. The van der Waals surface area contributed by atoms with E-state index in [0.717, 1.165) is 36.7 Å². The van der Waals surface area contributed by atoms with Gasteiger partial charge in [0.05, 0.1) is 10.2 Å². The maximum absolute atomic E-state index is 12.5. The molecule has 2 aliphatic rings. The number of amides is 1. The van der Waals surface area contributed by atoms with Crippen molar-refractivity contribution in [2.45, 2.75) is 68.1 Å². The van der Waals surface area contributed by atoms with E-state index >= 15 is 0 Å². The normalized spacial score (nSPS) is 20.6. The number of likely N-dealkylation sites (tertiary alicyclic amines) is 1. The third kappa shape index (κ3) is 6.21. The van der Waals surface area contributed by atoms with Crippen molar-refractivity contribution >= 4 is 23.4 Å². The largest absolute Gasteiger partial charge is 0.352 e. The number of nitro benzene ring substituents is 1. The third-order valence-electron chi connectivity index (χ3n) is 5.90. The maximum Gasteiger partial charge on any atom is 0.269 e. The number of rotatable bonds is 7. The Morgan fingerprint density at radius 2 is 1.82 bits per heavy atom. The lowest BCUT2D eigenvalue weighted by Gasteiger charge is -2.35. The van der Waals surface area contributed by atoms with Crippen LogP contribution in [0.5, 0.6) is 0 Å². The Hall–Kier alpha value is -1.60. The Morgan fingerprint density at radius 1 is 1.18 bits per heavy atom. The molecule has 0 aromatic heterocycles. The number of nitrogens with one attached hydrogen (secondary N) is 1. The van der Waals surface area contributed by atoms with Crippen LogP contribution >= 0.6 is 11.8 Å². The van der Waals surface area contributed by atoms with Gasteiger partial charge in [-0.1, -0.05) is 19.3 Å². The van der Waals surface area contributed by atoms with E-state index in [1.165, 1.54) is 62.5 Å². The Labute approximate surface area is 171 Å². The van der Waals surface area contributed by atoms with Gasteiger partial charge < -0.3 is 10.2 Å². The Kier molecular flexibility index (Phi) is 7.73. The molecule has 0 radical (unpaired) electrons. The molecule has 1 aromatic rings. The average Bonchev–Trinajstić information content (AvgIpc) is 2.70. The molecular weight excluding hydrogens is 374 g/mol. The van der Waals surface area contributed by atoms with Crippen LogP contribution in [0.1, 0.15) is 51.9 Å². The van der Waals surface area contributed by atoms with E-state index in [1.54, 1.807) is 12.1 Å². The Morgan fingerprint density at radius 3 is 2.43 bits per heavy atom. The number of hydrogen-bond donors (Lipinski definition) is 1. The summed E-state index contributed by atoms with van der Waals surface area (Å²) in [7, 11) is 0. The summed E-state index contributed by atoms with van der Waals surface area (Å²) in [5, 5.41) is 13.7. The van der Waals surface area contributed by atoms with E-state index in [9.17, 15) is 14.9 Å². The van der Waals surface area contributed by atoms with Gasteiger partial charge in [-0.25, -0.2) is 0 Å². The molecule has 2 fully saturated rings. The van der Waals surface area contributed by atoms with Crippen LogP contribution in [0, 0.1) is 16.0 Å². The first-order valence-corrected chi connectivity index (χ1v) is 11.3. The maximum atomic E-state index is 12.5. The number of non-ortho nitro benzene ring substituents is 1. The summed E-state index contributed by atoms with van der Waals surface area (Å²) in [6.45, 7) is 5.27. The first-order valence-electron chi connectivity index (χ1n) is 10.4. The monoisotopic (exact) mass is 405 g/mol. The van der Waals surface area contributed by atoms with Gasteiger partial charge in [0.1, 0.15) is 0 Å². The van der Waals surface area contributed by atoms with Crippen molar-refractivity contribution in [1.82, 2.24) is 10.2 Å². The molecule has 6 nitrogen and oxygen atoms in total. The van der Waals surface area contributed by atoms with Gasteiger partial charge >= 0.3 is 0 Å². The molecule has 7 heteroatoms. The van der Waals surface area contributed by atoms with Crippen LogP contribution < -0.4 is 5.32 Å². The molecule has 3 rings (SSSR count). The fourth-order valence-electron chi connectivity index (χ4n) is 4.22. The van der Waals surface area contributed by atoms with Gasteiger partial charge in [0, 0.05) is 42.7 Å². The standard InChI is InChI=1S/C21H31N3O3S/c1-16(28-20-9-7-19(8-10-20)24(26)27)21(25)22-18-11-13-23(14-12-18)15-17-5-3-2-4-6-17/h7-10,16-18H,2-6,11-15H2,1H3,(H,22,25). The molecule has 1 amide bonds. The van der Waals surface area contributed by atoms with Gasteiger partial charge in [-0.15, -0.1) is 11.8 Å². The van der Waals surface area contributed by atoms with Gasteiger partial charge in [-0.2, -0.15) is 0 Å². The summed E-state index contributed by atoms with van der Waals surface area (Å²) in [5.41, 5.74) is 0.0708. The summed E-state index contributed by atoms with van der Waals surface area (Å²) in [6, 6.07) is 6.63. The second-order valence-corrected chi connectivity index (χ2v) is 9.51. The van der Waals surface area contributed by atoms with E-state index in [-0.39, 0.29) is 22.9 Å². The number of benzene rings is 1. The fraction of sp³-hybridized carbons (Fsp3) is 0.667. The molecule has 1 saturated heterocycles. The average molecular weight is 406 g/mol. The zero-order valence-electron chi connectivity index (χ0n) is 16.6. The molecule has 0 bridgehead atoms. The molecule has 1 heterocycles. The van der Waals surface area contributed by atoms with E-state index < -0.39 is 4.92 Å². The molecule has 1 unspecified atom stereocenters. The molecule has 154 valence electrons. The van der Waals surface area contributed by atoms with Crippen molar-refractivity contribution in [2.75, 3.05) is 19.6 Å². The predicted molar refractivity (Wildman–Crippen MR) is 113 cm³/mol. The fourth-order valence-corrected chi connectivity index (χ4v) is 5.09. The second kappa shape index (κ2) is 10.3. The number of piperidine rings is 1. The summed E-state index contributed by atoms with van der Waals surface area (Å²) in [6.07, 6.45) is 8.99. The summed E-state index contributed by atoms with van der Waals surface area (Å²) in [5.74, 6) is 0.923. The molecule has 1 atom stereocenters. The minimum Gasteiger partial charge on any atom is -0.352 e. The third-order valence-corrected chi connectivity index (χ3v) is 7.02. The summed E-state index contributed by atoms with van der Waals surface area (Å²) < 4.78 is 0. The Balaban J connectivity index is 1.39. The number of thioether (sulfide) groups is 1. The summed E-state index contributed by atoms with van der Waals surface area (Å²) >= 11 is 1.44. The van der Waals surface area contributed by atoms with Gasteiger partial charge in [-0.3, -0.25) is 14.9 Å². The molecular formula is C21H31N3O3S. The lowest BCUT2D eigenvalue weighted by molar-refractivity contribution is -0.384. The first-order chi connectivity index (χ1) is 13.5. The van der Waals surface area contributed by atoms with Crippen molar-refractivity contribution < 1.29 is 9.72 Å². The molecule has 1 aliphatic heterocycles. The van der Waals surface area contributed by atoms with E-state index in [1.807, 2.05) is 6.92 Å². The van der Waals surface area contributed by atoms with Crippen LogP contribution in [0.3, 0.4) is 0 Å². The van der Waals surface area contributed by atoms with Gasteiger partial charge in [0.15, 0.2) is 0 Å². The topological polar surface area (TPSA) is 75.5 Å². The quantitative estimate of drug-likeness (QED) is 0.417. The van der Waals surface area contributed by atoms with Crippen molar-refractivity contribution in [3.8, 4) is 0 Å². The van der Waals surface area contributed by atoms with E-state index in [2.05, 4.69) is 10.2 Å². The van der Waals surface area contributed by atoms with Gasteiger partial charge in [0.25, 0.3) is 5.69 Å². The number of nitro groups is 1. The smallest absolute Gasteiger partial charge is 0.269 e. The first kappa shape index (κ1) is 21.1. The number of carbonyl (C=O) groups is 1. The van der Waals surface area contributed by atoms with Crippen LogP contribution in [-0.4, -0.2) is 46.7 Å². The SMILES string of the molecule is CC(Sc1ccc([N+](=O)[O-])cc1)C(=O)NC1CCN(CC2CCCCC2)CC1. The van der Waals surface area contributed by atoms with Crippen LogP contribution in [0.25, 0.3) is 0 Å². The van der Waals surface area contributed by atoms with Crippen molar-refractivity contribution in [3.05, 3.63) is 34.4 Å². The lowest BCUT2D eigenvalue weighted by Crippen LogP contribution is -2.47. The molecule has 1 N–H and O–H groups in total. The van der Waals surface area contributed by atoms with Crippen LogP contribution in [0.15, 0.2) is 29.2 Å². The van der Waals surface area contributed by atoms with Crippen molar-refractivity contribution in [3.63, 3.8) is 0 Å². The molecule has 28 heavy (non-hydrogen) atoms. The molecule has 1 saturated carbocycles. The molecule has 0 spiro atoms. The zero-order chi connectivity index (χ0) is 19.9. The minimum atomic E-state index is -0.411. The number of hydrogen-bond acceptors (Lipinski definition) is 5. The summed E-state index contributed by atoms with van der Waals surface area (Å²) in [4.78, 5) is 26.3. The lowest BCUT2D eigenvalue weighted by atomic mass is 9.88. The second-order valence-electron chi connectivity index (χ2n) is 8.10. The van der Waals surface area contributed by atoms with E-state index in [0.29, 0.717) is 0 Å².